The van der Waals surface area contributed by atoms with E-state index in [4.69, 9.17) is 14.2 Å². The van der Waals surface area contributed by atoms with Crippen LogP contribution in [-0.2, 0) is 14.3 Å². The normalized spacial score (nSPS) is 20.2. The van der Waals surface area contributed by atoms with Crippen molar-refractivity contribution in [3.8, 4) is 5.75 Å². The minimum atomic E-state index is -0.506. The Hall–Kier alpha value is -2.08. The van der Waals surface area contributed by atoms with Crippen molar-refractivity contribution in [1.82, 2.24) is 5.32 Å². The number of carbonyl (C=O) groups is 2. The third kappa shape index (κ3) is 6.54. The second-order valence-corrected chi connectivity index (χ2v) is 7.35. The number of carbonyl (C=O) groups excluding carboxylic acids is 2. The molecule has 148 valence electrons. The number of benzene rings is 1. The van der Waals surface area contributed by atoms with E-state index < -0.39 is 5.97 Å². The zero-order valence-corrected chi connectivity index (χ0v) is 15.8. The second-order valence-electron chi connectivity index (χ2n) is 7.35. The van der Waals surface area contributed by atoms with Gasteiger partial charge in [-0.05, 0) is 55.9 Å². The highest BCUT2D eigenvalue weighted by Gasteiger charge is 2.17. The molecule has 0 bridgehead atoms. The lowest BCUT2D eigenvalue weighted by atomic mass is 9.89. The largest absolute Gasteiger partial charge is 0.491 e. The minimum Gasteiger partial charge on any atom is -0.491 e. The first-order valence-electron chi connectivity index (χ1n) is 9.99. The Bertz CT molecular complexity index is 604. The Balaban J connectivity index is 1.35. The molecule has 0 radical (unpaired) electrons. The predicted octanol–water partition coefficient (Wildman–Crippen LogP) is 3.10. The first-order chi connectivity index (χ1) is 13.2. The molecule has 1 aliphatic carbocycles. The summed E-state index contributed by atoms with van der Waals surface area (Å²) in [6, 6.07) is 6.75. The maximum atomic E-state index is 12.1. The number of ether oxygens (including phenoxy) is 3. The van der Waals surface area contributed by atoms with Gasteiger partial charge in [0.2, 0.25) is 0 Å². The van der Waals surface area contributed by atoms with Crippen LogP contribution in [0.3, 0.4) is 0 Å². The van der Waals surface area contributed by atoms with E-state index in [0.29, 0.717) is 30.4 Å². The van der Waals surface area contributed by atoms with Crippen molar-refractivity contribution in [2.75, 3.05) is 26.4 Å². The van der Waals surface area contributed by atoms with Crippen molar-refractivity contribution in [3.05, 3.63) is 29.8 Å². The van der Waals surface area contributed by atoms with Crippen molar-refractivity contribution < 1.29 is 23.8 Å². The zero-order chi connectivity index (χ0) is 18.9. The number of rotatable bonds is 8. The molecule has 0 spiro atoms. The molecule has 1 aromatic carbocycles. The molecule has 27 heavy (non-hydrogen) atoms. The minimum absolute atomic E-state index is 0.154. The van der Waals surface area contributed by atoms with Gasteiger partial charge in [-0.1, -0.05) is 19.3 Å². The van der Waals surface area contributed by atoms with E-state index in [-0.39, 0.29) is 18.6 Å². The number of hydrogen-bond acceptors (Lipinski definition) is 5. The van der Waals surface area contributed by atoms with E-state index in [1.165, 1.54) is 32.1 Å². The van der Waals surface area contributed by atoms with E-state index in [9.17, 15) is 9.59 Å². The van der Waals surface area contributed by atoms with Crippen molar-refractivity contribution >= 4 is 11.9 Å². The molecule has 1 amide bonds. The van der Waals surface area contributed by atoms with Gasteiger partial charge in [0, 0.05) is 13.2 Å². The molecule has 3 rings (SSSR count). The van der Waals surface area contributed by atoms with Gasteiger partial charge in [0.05, 0.1) is 11.7 Å². The average Bonchev–Trinajstić information content (AvgIpc) is 3.24. The lowest BCUT2D eigenvalue weighted by Gasteiger charge is -2.21. The predicted molar refractivity (Wildman–Crippen MR) is 101 cm³/mol. The molecule has 0 unspecified atom stereocenters. The van der Waals surface area contributed by atoms with Crippen LogP contribution >= 0.6 is 0 Å². The third-order valence-electron chi connectivity index (χ3n) is 5.20. The number of nitrogens with one attached hydrogen (secondary N) is 1. The van der Waals surface area contributed by atoms with Gasteiger partial charge >= 0.3 is 5.97 Å². The lowest BCUT2D eigenvalue weighted by Crippen LogP contribution is -2.33. The second kappa shape index (κ2) is 10.3. The average molecular weight is 375 g/mol. The molecule has 1 aliphatic heterocycles. The van der Waals surface area contributed by atoms with E-state index in [2.05, 4.69) is 5.32 Å². The highest BCUT2D eigenvalue weighted by Crippen LogP contribution is 2.22. The number of amides is 1. The molecular formula is C21H29NO5. The summed E-state index contributed by atoms with van der Waals surface area (Å²) >= 11 is 0. The summed E-state index contributed by atoms with van der Waals surface area (Å²) in [4.78, 5) is 23.9. The molecule has 2 fully saturated rings. The quantitative estimate of drug-likeness (QED) is 0.707. The molecule has 0 aromatic heterocycles. The number of hydrogen-bond donors (Lipinski definition) is 1. The van der Waals surface area contributed by atoms with Crippen LogP contribution in [0.25, 0.3) is 0 Å². The molecule has 6 nitrogen and oxygen atoms in total. The van der Waals surface area contributed by atoms with Crippen LogP contribution in [0.4, 0.5) is 0 Å². The van der Waals surface area contributed by atoms with E-state index in [0.717, 1.165) is 19.4 Å². The summed E-state index contributed by atoms with van der Waals surface area (Å²) in [5, 5.41) is 2.86. The Morgan fingerprint density at radius 2 is 1.81 bits per heavy atom. The molecule has 1 aromatic rings. The van der Waals surface area contributed by atoms with E-state index in [1.54, 1.807) is 24.3 Å². The van der Waals surface area contributed by atoms with Gasteiger partial charge in [-0.25, -0.2) is 4.79 Å². The summed E-state index contributed by atoms with van der Waals surface area (Å²) in [5.74, 6) is 0.492. The fourth-order valence-electron chi connectivity index (χ4n) is 3.57. The van der Waals surface area contributed by atoms with Crippen LogP contribution in [0.1, 0.15) is 55.3 Å². The Kier molecular flexibility index (Phi) is 7.51. The van der Waals surface area contributed by atoms with Crippen molar-refractivity contribution in [2.45, 2.75) is 51.0 Å². The summed E-state index contributed by atoms with van der Waals surface area (Å²) in [5.41, 5.74) is 0.402. The maximum absolute atomic E-state index is 12.1. The molecule has 6 heteroatoms. The third-order valence-corrected chi connectivity index (χ3v) is 5.20. The van der Waals surface area contributed by atoms with Crippen molar-refractivity contribution in [2.24, 2.45) is 5.92 Å². The van der Waals surface area contributed by atoms with Crippen LogP contribution < -0.4 is 10.1 Å². The summed E-state index contributed by atoms with van der Waals surface area (Å²) < 4.78 is 16.3. The monoisotopic (exact) mass is 375 g/mol. The van der Waals surface area contributed by atoms with Gasteiger partial charge in [-0.15, -0.1) is 0 Å². The summed E-state index contributed by atoms with van der Waals surface area (Å²) in [6.45, 7) is 1.74. The molecule has 1 atom stereocenters. The van der Waals surface area contributed by atoms with Gasteiger partial charge in [-0.2, -0.15) is 0 Å². The first-order valence-corrected chi connectivity index (χ1v) is 9.99. The van der Waals surface area contributed by atoms with E-state index in [1.807, 2.05) is 0 Å². The molecular weight excluding hydrogens is 346 g/mol. The van der Waals surface area contributed by atoms with Gasteiger partial charge in [0.25, 0.3) is 5.91 Å². The molecule has 1 saturated carbocycles. The van der Waals surface area contributed by atoms with Gasteiger partial charge in [-0.3, -0.25) is 4.79 Å². The Morgan fingerprint density at radius 1 is 1.04 bits per heavy atom. The summed E-state index contributed by atoms with van der Waals surface area (Å²) in [6.07, 6.45) is 8.36. The SMILES string of the molecule is O=C(COC(=O)c1ccc(OC[C@H]2CCCO2)cc1)NCC1CCCCC1. The molecule has 1 heterocycles. The van der Waals surface area contributed by atoms with Crippen LogP contribution in [0, 0.1) is 5.92 Å². The maximum Gasteiger partial charge on any atom is 0.338 e. The molecule has 1 saturated heterocycles. The first kappa shape index (κ1) is 19.7. The van der Waals surface area contributed by atoms with Crippen LogP contribution in [-0.4, -0.2) is 44.3 Å². The van der Waals surface area contributed by atoms with Gasteiger partial charge in [0.15, 0.2) is 6.61 Å². The fourth-order valence-corrected chi connectivity index (χ4v) is 3.57. The number of esters is 1. The fraction of sp³-hybridized carbons (Fsp3) is 0.619. The van der Waals surface area contributed by atoms with Gasteiger partial charge < -0.3 is 19.5 Å². The molecule has 1 N–H and O–H groups in total. The van der Waals surface area contributed by atoms with Crippen molar-refractivity contribution in [1.29, 1.82) is 0 Å². The highest BCUT2D eigenvalue weighted by molar-refractivity contribution is 5.91. The van der Waals surface area contributed by atoms with E-state index >= 15 is 0 Å². The topological polar surface area (TPSA) is 73.9 Å². The van der Waals surface area contributed by atoms with Crippen LogP contribution in [0.2, 0.25) is 0 Å². The van der Waals surface area contributed by atoms with Crippen LogP contribution in [0.15, 0.2) is 24.3 Å². The standard InChI is InChI=1S/C21H29NO5/c23-20(22-13-16-5-2-1-3-6-16)15-27-21(24)17-8-10-18(11-9-17)26-14-19-7-4-12-25-19/h8-11,16,19H,1-7,12-15H2,(H,22,23)/t19-/m1/s1. The lowest BCUT2D eigenvalue weighted by molar-refractivity contribution is -0.124. The summed E-state index contributed by atoms with van der Waals surface area (Å²) in [7, 11) is 0. The van der Waals surface area contributed by atoms with Crippen molar-refractivity contribution in [3.63, 3.8) is 0 Å². The molecule has 2 aliphatic rings. The zero-order valence-electron chi connectivity index (χ0n) is 15.8. The Morgan fingerprint density at radius 3 is 2.52 bits per heavy atom. The highest BCUT2D eigenvalue weighted by atomic mass is 16.5. The van der Waals surface area contributed by atoms with Gasteiger partial charge in [0.1, 0.15) is 12.4 Å². The smallest absolute Gasteiger partial charge is 0.338 e. The Labute approximate surface area is 160 Å². The van der Waals surface area contributed by atoms with Crippen LogP contribution in [0.5, 0.6) is 5.75 Å².